The molecule has 0 atom stereocenters. The van der Waals surface area contributed by atoms with Crippen molar-refractivity contribution in [3.05, 3.63) is 53.6 Å². The molecule has 168 valence electrons. The van der Waals surface area contributed by atoms with Crippen LogP contribution in [0.1, 0.15) is 26.7 Å². The minimum absolute atomic E-state index is 0.140. The second-order valence-corrected chi connectivity index (χ2v) is 10.5. The first-order valence-electron chi connectivity index (χ1n) is 10.4. The van der Waals surface area contributed by atoms with Gasteiger partial charge in [-0.05, 0) is 61.2 Å². The molecule has 2 aromatic rings. The standard InChI is InChI=1S/C22H29ClN4O3S/c1-16(2)15-27(20-5-3-4-17(23)14-20)31(29,30)21-8-6-18(7-9-21)25-19-10-12-26(13-11-19)22(24)28/h3-9,14,16,19,25H,10-13,15H2,1-2H3,(H2,24,28). The molecular formula is C22H29ClN4O3S. The number of rotatable bonds is 7. The maximum absolute atomic E-state index is 13.4. The molecule has 1 saturated heterocycles. The number of likely N-dealkylation sites (tertiary alicyclic amines) is 1. The molecule has 0 saturated carbocycles. The molecule has 0 unspecified atom stereocenters. The van der Waals surface area contributed by atoms with Crippen LogP contribution in [0.25, 0.3) is 0 Å². The van der Waals surface area contributed by atoms with E-state index in [9.17, 15) is 13.2 Å². The van der Waals surface area contributed by atoms with E-state index in [0.717, 1.165) is 18.5 Å². The highest BCUT2D eigenvalue weighted by Gasteiger charge is 2.26. The minimum atomic E-state index is -3.74. The third kappa shape index (κ3) is 5.83. The van der Waals surface area contributed by atoms with Crippen LogP contribution >= 0.6 is 11.6 Å². The molecule has 3 N–H and O–H groups in total. The monoisotopic (exact) mass is 464 g/mol. The number of anilines is 2. The molecule has 0 bridgehead atoms. The predicted octanol–water partition coefficient (Wildman–Crippen LogP) is 4.15. The third-order valence-corrected chi connectivity index (χ3v) is 7.29. The normalized spacial score (nSPS) is 15.2. The molecular weight excluding hydrogens is 436 g/mol. The van der Waals surface area contributed by atoms with Gasteiger partial charge in [-0.2, -0.15) is 0 Å². The van der Waals surface area contributed by atoms with E-state index >= 15 is 0 Å². The number of hydrogen-bond donors (Lipinski definition) is 2. The summed E-state index contributed by atoms with van der Waals surface area (Å²) in [5, 5.41) is 3.90. The van der Waals surface area contributed by atoms with E-state index < -0.39 is 16.1 Å². The fraction of sp³-hybridized carbons (Fsp3) is 0.409. The quantitative estimate of drug-likeness (QED) is 0.643. The average molecular weight is 465 g/mol. The summed E-state index contributed by atoms with van der Waals surface area (Å²) in [4.78, 5) is 13.1. The van der Waals surface area contributed by atoms with Gasteiger partial charge in [-0.15, -0.1) is 0 Å². The molecule has 1 aliphatic rings. The predicted molar refractivity (Wildman–Crippen MR) is 125 cm³/mol. The Morgan fingerprint density at radius 3 is 2.39 bits per heavy atom. The van der Waals surface area contributed by atoms with E-state index in [0.29, 0.717) is 30.3 Å². The Morgan fingerprint density at radius 1 is 1.19 bits per heavy atom. The van der Waals surface area contributed by atoms with Crippen LogP contribution < -0.4 is 15.4 Å². The highest BCUT2D eigenvalue weighted by Crippen LogP contribution is 2.28. The lowest BCUT2D eigenvalue weighted by Crippen LogP contribution is -2.44. The van der Waals surface area contributed by atoms with Crippen LogP contribution in [0.2, 0.25) is 5.02 Å². The number of nitrogens with zero attached hydrogens (tertiary/aromatic N) is 2. The van der Waals surface area contributed by atoms with Gasteiger partial charge in [0, 0.05) is 36.4 Å². The molecule has 3 rings (SSSR count). The average Bonchev–Trinajstić information content (AvgIpc) is 2.72. The summed E-state index contributed by atoms with van der Waals surface area (Å²) in [5.41, 5.74) is 6.71. The molecule has 2 amide bonds. The third-order valence-electron chi connectivity index (χ3n) is 5.25. The van der Waals surface area contributed by atoms with E-state index in [4.69, 9.17) is 17.3 Å². The summed E-state index contributed by atoms with van der Waals surface area (Å²) in [5.74, 6) is 0.140. The lowest BCUT2D eigenvalue weighted by atomic mass is 10.1. The highest BCUT2D eigenvalue weighted by atomic mass is 35.5. The van der Waals surface area contributed by atoms with Gasteiger partial charge in [0.2, 0.25) is 0 Å². The summed E-state index contributed by atoms with van der Waals surface area (Å²) in [6.45, 7) is 5.53. The number of urea groups is 1. The number of carbonyl (C=O) groups is 1. The Morgan fingerprint density at radius 2 is 1.84 bits per heavy atom. The first kappa shape index (κ1) is 23.2. The first-order chi connectivity index (χ1) is 14.7. The van der Waals surface area contributed by atoms with Crippen LogP contribution in [0, 0.1) is 5.92 Å². The first-order valence-corrected chi connectivity index (χ1v) is 12.2. The van der Waals surface area contributed by atoms with Crippen LogP contribution in [0.5, 0.6) is 0 Å². The highest BCUT2D eigenvalue weighted by molar-refractivity contribution is 7.92. The largest absolute Gasteiger partial charge is 0.382 e. The number of primary amides is 1. The van der Waals surface area contributed by atoms with Crippen molar-refractivity contribution in [2.24, 2.45) is 11.7 Å². The zero-order chi connectivity index (χ0) is 22.6. The second kappa shape index (κ2) is 9.78. The van der Waals surface area contributed by atoms with Crippen molar-refractivity contribution in [2.75, 3.05) is 29.3 Å². The molecule has 1 aliphatic heterocycles. The summed E-state index contributed by atoms with van der Waals surface area (Å²) in [7, 11) is -3.74. The van der Waals surface area contributed by atoms with Gasteiger partial charge in [0.25, 0.3) is 10.0 Å². The maximum Gasteiger partial charge on any atom is 0.314 e. The molecule has 9 heteroatoms. The Bertz CT molecular complexity index is 1000. The minimum Gasteiger partial charge on any atom is -0.382 e. The molecule has 31 heavy (non-hydrogen) atoms. The van der Waals surface area contributed by atoms with Gasteiger partial charge >= 0.3 is 6.03 Å². The number of hydrogen-bond acceptors (Lipinski definition) is 4. The number of benzene rings is 2. The van der Waals surface area contributed by atoms with E-state index in [1.165, 1.54) is 4.31 Å². The van der Waals surface area contributed by atoms with Gasteiger partial charge in [-0.3, -0.25) is 4.31 Å². The number of amides is 2. The lowest BCUT2D eigenvalue weighted by molar-refractivity contribution is 0.193. The molecule has 0 spiro atoms. The zero-order valence-corrected chi connectivity index (χ0v) is 19.4. The fourth-order valence-corrected chi connectivity index (χ4v) is 5.44. The summed E-state index contributed by atoms with van der Waals surface area (Å²) in [6.07, 6.45) is 1.58. The van der Waals surface area contributed by atoms with Gasteiger partial charge in [0.05, 0.1) is 10.6 Å². The van der Waals surface area contributed by atoms with Gasteiger partial charge in [-0.25, -0.2) is 13.2 Å². The molecule has 1 heterocycles. The number of nitrogens with one attached hydrogen (secondary N) is 1. The van der Waals surface area contributed by atoms with Gasteiger partial charge in [-0.1, -0.05) is 31.5 Å². The summed E-state index contributed by atoms with van der Waals surface area (Å²) >= 11 is 6.10. The van der Waals surface area contributed by atoms with Crippen LogP contribution in [0.3, 0.4) is 0 Å². The molecule has 7 nitrogen and oxygen atoms in total. The van der Waals surface area contributed by atoms with Gasteiger partial charge in [0.15, 0.2) is 0 Å². The van der Waals surface area contributed by atoms with Crippen LogP contribution in [-0.2, 0) is 10.0 Å². The Kier molecular flexibility index (Phi) is 7.33. The van der Waals surface area contributed by atoms with Crippen LogP contribution in [0.15, 0.2) is 53.4 Å². The number of carbonyl (C=O) groups excluding carboxylic acids is 1. The maximum atomic E-state index is 13.4. The molecule has 0 aliphatic carbocycles. The van der Waals surface area contributed by atoms with E-state index in [-0.39, 0.29) is 16.9 Å². The molecule has 2 aromatic carbocycles. The van der Waals surface area contributed by atoms with Gasteiger partial charge < -0.3 is 16.0 Å². The smallest absolute Gasteiger partial charge is 0.314 e. The number of sulfonamides is 1. The summed E-state index contributed by atoms with van der Waals surface area (Å²) < 4.78 is 28.2. The number of piperidine rings is 1. The van der Waals surface area contributed by atoms with Crippen molar-refractivity contribution < 1.29 is 13.2 Å². The Balaban J connectivity index is 1.75. The summed E-state index contributed by atoms with van der Waals surface area (Å²) in [6, 6.07) is 13.5. The van der Waals surface area contributed by atoms with E-state index in [2.05, 4.69) is 5.32 Å². The second-order valence-electron chi connectivity index (χ2n) is 8.18. The van der Waals surface area contributed by atoms with Crippen molar-refractivity contribution in [2.45, 2.75) is 37.6 Å². The molecule has 0 aromatic heterocycles. The number of halogens is 1. The molecule has 1 fully saturated rings. The van der Waals surface area contributed by atoms with Gasteiger partial charge in [0.1, 0.15) is 0 Å². The van der Waals surface area contributed by atoms with E-state index in [1.54, 1.807) is 53.4 Å². The van der Waals surface area contributed by atoms with Crippen molar-refractivity contribution >= 4 is 39.0 Å². The van der Waals surface area contributed by atoms with Crippen molar-refractivity contribution in [3.8, 4) is 0 Å². The fourth-order valence-electron chi connectivity index (χ4n) is 3.64. The molecule has 0 radical (unpaired) electrons. The van der Waals surface area contributed by atoms with E-state index in [1.807, 2.05) is 13.8 Å². The topological polar surface area (TPSA) is 95.7 Å². The van der Waals surface area contributed by atoms with Crippen molar-refractivity contribution in [3.63, 3.8) is 0 Å². The Hall–Kier alpha value is -2.45. The van der Waals surface area contributed by atoms with Crippen LogP contribution in [0.4, 0.5) is 16.2 Å². The SMILES string of the molecule is CC(C)CN(c1cccc(Cl)c1)S(=O)(=O)c1ccc(NC2CCN(C(N)=O)CC2)cc1. The zero-order valence-electron chi connectivity index (χ0n) is 17.8. The van der Waals surface area contributed by atoms with Crippen LogP contribution in [-0.4, -0.2) is 45.0 Å². The lowest BCUT2D eigenvalue weighted by Gasteiger charge is -2.31. The Labute approximate surface area is 189 Å². The van der Waals surface area contributed by atoms with Crippen molar-refractivity contribution in [1.82, 2.24) is 4.90 Å². The van der Waals surface area contributed by atoms with Crippen molar-refractivity contribution in [1.29, 1.82) is 0 Å². The number of nitrogens with two attached hydrogens (primary N) is 1.